The molecule has 0 aliphatic rings. The molecule has 20 heavy (non-hydrogen) atoms. The van der Waals surface area contributed by atoms with E-state index in [1.54, 1.807) is 25.4 Å². The van der Waals surface area contributed by atoms with E-state index in [1.165, 1.54) is 0 Å². The Balaban J connectivity index is 2.21. The van der Waals surface area contributed by atoms with Crippen molar-refractivity contribution in [1.82, 2.24) is 10.3 Å². The normalized spacial score (nSPS) is 12.0. The number of aromatic nitrogens is 1. The maximum absolute atomic E-state index is 9.68. The zero-order chi connectivity index (χ0) is 14.5. The first-order valence-corrected chi connectivity index (χ1v) is 6.20. The number of ether oxygens (including phenoxy) is 1. The molecule has 0 amide bonds. The predicted molar refractivity (Wildman–Crippen MR) is 77.3 cm³/mol. The lowest BCUT2D eigenvalue weighted by Crippen LogP contribution is -2.16. The summed E-state index contributed by atoms with van der Waals surface area (Å²) in [6, 6.07) is 8.97. The van der Waals surface area contributed by atoms with Gasteiger partial charge in [0.25, 0.3) is 0 Å². The maximum atomic E-state index is 9.68. The summed E-state index contributed by atoms with van der Waals surface area (Å²) in [5.74, 6) is 6.68. The van der Waals surface area contributed by atoms with Gasteiger partial charge in [0.1, 0.15) is 17.7 Å². The number of pyridine rings is 1. The molecule has 1 heterocycles. The summed E-state index contributed by atoms with van der Waals surface area (Å²) in [4.78, 5) is 4.07. The molecule has 0 fully saturated rings. The van der Waals surface area contributed by atoms with E-state index in [1.807, 2.05) is 25.1 Å². The first kappa shape index (κ1) is 14.3. The molecule has 2 aromatic rings. The van der Waals surface area contributed by atoms with Crippen molar-refractivity contribution in [3.05, 3.63) is 47.8 Å². The third-order valence-corrected chi connectivity index (χ3v) is 2.91. The lowest BCUT2D eigenvalue weighted by Gasteiger charge is -2.12. The van der Waals surface area contributed by atoms with Crippen molar-refractivity contribution in [2.45, 2.75) is 13.2 Å². The zero-order valence-corrected chi connectivity index (χ0v) is 11.4. The number of nitrogen functional groups attached to an aromatic ring is 1. The van der Waals surface area contributed by atoms with Crippen LogP contribution in [0.2, 0.25) is 0 Å². The summed E-state index contributed by atoms with van der Waals surface area (Å²) in [6.45, 7) is 1.95. The van der Waals surface area contributed by atoms with Gasteiger partial charge < -0.3 is 15.3 Å². The minimum absolute atomic E-state index is 0.495. The number of nitrogens with two attached hydrogens (primary N) is 1. The summed E-state index contributed by atoms with van der Waals surface area (Å²) in [6.07, 6.45) is 0.763. The topological polar surface area (TPSA) is 92.4 Å². The second-order valence-electron chi connectivity index (χ2n) is 4.33. The molecular weight excluding hydrogens is 256 g/mol. The summed E-state index contributed by atoms with van der Waals surface area (Å²) in [7, 11) is 1.65. The van der Waals surface area contributed by atoms with Gasteiger partial charge in [-0.15, -0.1) is 0 Å². The first-order chi connectivity index (χ1) is 9.63. The van der Waals surface area contributed by atoms with E-state index < -0.39 is 6.23 Å². The fourth-order valence-corrected chi connectivity index (χ4v) is 1.75. The van der Waals surface area contributed by atoms with E-state index in [0.29, 0.717) is 17.2 Å². The van der Waals surface area contributed by atoms with E-state index in [0.717, 1.165) is 11.3 Å². The standard InChI is InChI=1S/C14H18N4O2/c1-9-3-4-10(7-12(9)18-15)20-11-5-6-17-13(8-11)14(19)16-2/h3-8,14,16,18-19H,15H2,1-2H3. The minimum atomic E-state index is -0.821. The molecule has 0 radical (unpaired) electrons. The lowest BCUT2D eigenvalue weighted by molar-refractivity contribution is 0.144. The van der Waals surface area contributed by atoms with Crippen LogP contribution in [0, 0.1) is 6.92 Å². The molecule has 1 aromatic carbocycles. The quantitative estimate of drug-likeness (QED) is 0.376. The number of aliphatic hydroxyl groups is 1. The number of rotatable bonds is 5. The number of hydrazine groups is 1. The van der Waals surface area contributed by atoms with Gasteiger partial charge in [0, 0.05) is 18.3 Å². The number of hydrogen-bond acceptors (Lipinski definition) is 6. The van der Waals surface area contributed by atoms with E-state index in [2.05, 4.69) is 15.7 Å². The molecule has 5 N–H and O–H groups in total. The molecule has 1 atom stereocenters. The highest BCUT2D eigenvalue weighted by Crippen LogP contribution is 2.26. The molecule has 6 heteroatoms. The van der Waals surface area contributed by atoms with Crippen LogP contribution in [0.4, 0.5) is 5.69 Å². The third kappa shape index (κ3) is 3.24. The van der Waals surface area contributed by atoms with Crippen LogP contribution in [-0.4, -0.2) is 17.1 Å². The number of nitrogens with zero attached hydrogens (tertiary/aromatic N) is 1. The van der Waals surface area contributed by atoms with Crippen molar-refractivity contribution in [3.8, 4) is 11.5 Å². The Morgan fingerprint density at radius 3 is 2.70 bits per heavy atom. The van der Waals surface area contributed by atoms with Crippen molar-refractivity contribution in [2.75, 3.05) is 12.5 Å². The van der Waals surface area contributed by atoms with E-state index >= 15 is 0 Å². The smallest absolute Gasteiger partial charge is 0.148 e. The average Bonchev–Trinajstić information content (AvgIpc) is 2.48. The number of nitrogens with one attached hydrogen (secondary N) is 2. The van der Waals surface area contributed by atoms with E-state index in [9.17, 15) is 5.11 Å². The Kier molecular flexibility index (Phi) is 4.52. The van der Waals surface area contributed by atoms with Crippen molar-refractivity contribution < 1.29 is 9.84 Å². The Bertz CT molecular complexity index is 589. The van der Waals surface area contributed by atoms with Crippen LogP contribution >= 0.6 is 0 Å². The zero-order valence-electron chi connectivity index (χ0n) is 11.4. The van der Waals surface area contributed by atoms with Crippen LogP contribution in [0.3, 0.4) is 0 Å². The minimum Gasteiger partial charge on any atom is -0.457 e. The van der Waals surface area contributed by atoms with Crippen molar-refractivity contribution >= 4 is 5.69 Å². The molecule has 2 rings (SSSR count). The molecule has 0 aliphatic carbocycles. The Morgan fingerprint density at radius 2 is 2.00 bits per heavy atom. The predicted octanol–water partition coefficient (Wildman–Crippen LogP) is 1.68. The number of aryl methyl sites for hydroxylation is 1. The van der Waals surface area contributed by atoms with E-state index in [4.69, 9.17) is 10.6 Å². The molecule has 0 saturated heterocycles. The van der Waals surface area contributed by atoms with Crippen LogP contribution in [-0.2, 0) is 0 Å². The number of hydrogen-bond donors (Lipinski definition) is 4. The lowest BCUT2D eigenvalue weighted by atomic mass is 10.2. The molecule has 1 unspecified atom stereocenters. The fourth-order valence-electron chi connectivity index (χ4n) is 1.75. The molecule has 0 aliphatic heterocycles. The van der Waals surface area contributed by atoms with Gasteiger partial charge in [-0.3, -0.25) is 16.1 Å². The van der Waals surface area contributed by atoms with Crippen LogP contribution in [0.5, 0.6) is 11.5 Å². The van der Waals surface area contributed by atoms with E-state index in [-0.39, 0.29) is 0 Å². The first-order valence-electron chi connectivity index (χ1n) is 6.20. The van der Waals surface area contributed by atoms with Crippen molar-refractivity contribution in [3.63, 3.8) is 0 Å². The van der Waals surface area contributed by atoms with Crippen molar-refractivity contribution in [1.29, 1.82) is 0 Å². The van der Waals surface area contributed by atoms with Crippen LogP contribution in [0.15, 0.2) is 36.5 Å². The number of aliphatic hydroxyl groups excluding tert-OH is 1. The highest BCUT2D eigenvalue weighted by atomic mass is 16.5. The van der Waals surface area contributed by atoms with Crippen molar-refractivity contribution in [2.24, 2.45) is 5.84 Å². The third-order valence-electron chi connectivity index (χ3n) is 2.91. The van der Waals surface area contributed by atoms with Gasteiger partial charge >= 0.3 is 0 Å². The molecule has 0 saturated carbocycles. The Hall–Kier alpha value is -2.15. The molecular formula is C14H18N4O2. The molecule has 106 valence electrons. The van der Waals surface area contributed by atoms with Gasteiger partial charge in [-0.05, 0) is 31.7 Å². The van der Waals surface area contributed by atoms with Crippen LogP contribution in [0.25, 0.3) is 0 Å². The van der Waals surface area contributed by atoms with Gasteiger partial charge in [0.05, 0.1) is 11.4 Å². The van der Waals surface area contributed by atoms with Gasteiger partial charge in [0.2, 0.25) is 0 Å². The molecule has 1 aromatic heterocycles. The second-order valence-corrected chi connectivity index (χ2v) is 4.33. The van der Waals surface area contributed by atoms with Gasteiger partial charge in [-0.2, -0.15) is 0 Å². The molecule has 0 bridgehead atoms. The summed E-state index contributed by atoms with van der Waals surface area (Å²) >= 11 is 0. The number of benzene rings is 1. The molecule has 0 spiro atoms. The molecule has 6 nitrogen and oxygen atoms in total. The van der Waals surface area contributed by atoms with Gasteiger partial charge in [-0.25, -0.2) is 0 Å². The summed E-state index contributed by atoms with van der Waals surface area (Å²) < 4.78 is 5.74. The Labute approximate surface area is 117 Å². The van der Waals surface area contributed by atoms with Crippen LogP contribution in [0.1, 0.15) is 17.5 Å². The Morgan fingerprint density at radius 1 is 1.25 bits per heavy atom. The SMILES string of the molecule is CNC(O)c1cc(Oc2ccc(C)c(NN)c2)ccn1. The average molecular weight is 274 g/mol. The summed E-state index contributed by atoms with van der Waals surface area (Å²) in [5, 5.41) is 12.4. The monoisotopic (exact) mass is 274 g/mol. The largest absolute Gasteiger partial charge is 0.457 e. The fraction of sp³-hybridized carbons (Fsp3) is 0.214. The highest BCUT2D eigenvalue weighted by Gasteiger charge is 2.08. The number of anilines is 1. The second kappa shape index (κ2) is 6.33. The summed E-state index contributed by atoms with van der Waals surface area (Å²) in [5.41, 5.74) is 4.94. The van der Waals surface area contributed by atoms with Gasteiger partial charge in [-0.1, -0.05) is 6.07 Å². The van der Waals surface area contributed by atoms with Gasteiger partial charge in [0.15, 0.2) is 0 Å². The van der Waals surface area contributed by atoms with Crippen LogP contribution < -0.4 is 21.3 Å². The highest BCUT2D eigenvalue weighted by molar-refractivity contribution is 5.54. The maximum Gasteiger partial charge on any atom is 0.148 e.